The molecule has 0 radical (unpaired) electrons. The van der Waals surface area contributed by atoms with E-state index >= 15 is 0 Å². The number of aromatic nitrogens is 5. The summed E-state index contributed by atoms with van der Waals surface area (Å²) in [5.74, 6) is 1.70. The number of nitrogens with zero attached hydrogens (tertiary/aromatic N) is 6. The van der Waals surface area contributed by atoms with Gasteiger partial charge in [0.1, 0.15) is 17.1 Å². The molecule has 0 amide bonds. The number of fused-ring (bicyclic) bond motifs is 1. The lowest BCUT2D eigenvalue weighted by atomic mass is 10.00. The van der Waals surface area contributed by atoms with Crippen LogP contribution in [0.5, 0.6) is 11.5 Å². The van der Waals surface area contributed by atoms with Gasteiger partial charge < -0.3 is 19.7 Å². The Bertz CT molecular complexity index is 1980. The number of carbonyl (C=O) groups excluding carboxylic acids is 1. The third-order valence-electron chi connectivity index (χ3n) is 7.46. The highest BCUT2D eigenvalue weighted by atomic mass is 35.5. The Morgan fingerprint density at radius 3 is 2.61 bits per heavy atom. The van der Waals surface area contributed by atoms with Gasteiger partial charge in [0.2, 0.25) is 5.95 Å². The number of ketones is 1. The van der Waals surface area contributed by atoms with Gasteiger partial charge in [-0.3, -0.25) is 18.8 Å². The first kappa shape index (κ1) is 32.4. The molecule has 5 rings (SSSR count). The zero-order valence-corrected chi connectivity index (χ0v) is 27.4. The number of rotatable bonds is 12. The third kappa shape index (κ3) is 7.11. The van der Waals surface area contributed by atoms with Crippen LogP contribution in [0.15, 0.2) is 77.9 Å². The number of hydrogen-bond acceptors (Lipinski definition) is 9. The molecular weight excluding hydrogens is 606 g/mol. The van der Waals surface area contributed by atoms with Crippen molar-refractivity contribution in [3.8, 4) is 22.6 Å². The van der Waals surface area contributed by atoms with E-state index in [1.807, 2.05) is 63.3 Å². The number of methoxy groups -OCH3 is 2. The molecule has 0 saturated carbocycles. The summed E-state index contributed by atoms with van der Waals surface area (Å²) in [7, 11) is 8.74. The number of carbonyl (C=O) groups is 1. The van der Waals surface area contributed by atoms with Gasteiger partial charge in [-0.05, 0) is 50.4 Å². The summed E-state index contributed by atoms with van der Waals surface area (Å²) < 4.78 is 14.2. The predicted molar refractivity (Wildman–Crippen MR) is 180 cm³/mol. The van der Waals surface area contributed by atoms with Crippen LogP contribution in [0.1, 0.15) is 24.1 Å². The van der Waals surface area contributed by atoms with Crippen LogP contribution in [0.25, 0.3) is 22.2 Å². The van der Waals surface area contributed by atoms with Gasteiger partial charge in [-0.25, -0.2) is 4.98 Å². The second-order valence-electron chi connectivity index (χ2n) is 11.1. The summed E-state index contributed by atoms with van der Waals surface area (Å²) in [5.41, 5.74) is 2.53. The summed E-state index contributed by atoms with van der Waals surface area (Å²) in [6, 6.07) is 14.1. The smallest absolute Gasteiger partial charge is 0.260 e. The molecule has 1 N–H and O–H groups in total. The van der Waals surface area contributed by atoms with Gasteiger partial charge in [-0.2, -0.15) is 10.1 Å². The number of ether oxygens (including phenoxy) is 2. The van der Waals surface area contributed by atoms with Crippen LogP contribution in [-0.2, 0) is 18.3 Å². The molecule has 0 aliphatic rings. The lowest BCUT2D eigenvalue weighted by Gasteiger charge is -2.21. The molecule has 0 aliphatic heterocycles. The maximum Gasteiger partial charge on any atom is 0.260 e. The fraction of sp³-hybridized carbons (Fsp3) is 0.265. The predicted octanol–water partition coefficient (Wildman–Crippen LogP) is 5.44. The molecule has 0 spiro atoms. The number of anilines is 2. The monoisotopic (exact) mass is 641 g/mol. The van der Waals surface area contributed by atoms with Gasteiger partial charge in [0, 0.05) is 61.1 Å². The van der Waals surface area contributed by atoms with E-state index in [0.29, 0.717) is 46.0 Å². The van der Waals surface area contributed by atoms with Crippen LogP contribution in [-0.4, -0.2) is 69.9 Å². The number of benzene rings is 2. The van der Waals surface area contributed by atoms with Crippen molar-refractivity contribution in [3.63, 3.8) is 0 Å². The lowest BCUT2D eigenvalue weighted by molar-refractivity contribution is -0.114. The van der Waals surface area contributed by atoms with Crippen molar-refractivity contribution in [3.05, 3.63) is 99.6 Å². The quantitative estimate of drug-likeness (QED) is 0.178. The largest absolute Gasteiger partial charge is 0.497 e. The Morgan fingerprint density at radius 2 is 1.91 bits per heavy atom. The van der Waals surface area contributed by atoms with Crippen LogP contribution in [0.3, 0.4) is 0 Å². The summed E-state index contributed by atoms with van der Waals surface area (Å²) in [5, 5.41) is 8.35. The van der Waals surface area contributed by atoms with E-state index in [1.165, 1.54) is 14.2 Å². The molecule has 3 heterocycles. The van der Waals surface area contributed by atoms with Gasteiger partial charge in [0.05, 0.1) is 25.3 Å². The first-order chi connectivity index (χ1) is 22.1. The number of pyridine rings is 1. The Labute approximate surface area is 272 Å². The van der Waals surface area contributed by atoms with Gasteiger partial charge >= 0.3 is 0 Å². The molecule has 0 aliphatic carbocycles. The number of halogens is 1. The highest BCUT2D eigenvalue weighted by Gasteiger charge is 2.22. The average Bonchev–Trinajstić information content (AvgIpc) is 3.44. The minimum Gasteiger partial charge on any atom is -0.497 e. The van der Waals surface area contributed by atoms with E-state index in [0.717, 1.165) is 11.1 Å². The number of allylic oxidation sites excluding steroid dienone is 1. The zero-order chi connectivity index (χ0) is 33.0. The van der Waals surface area contributed by atoms with Crippen molar-refractivity contribution in [2.24, 2.45) is 7.05 Å². The maximum absolute atomic E-state index is 14.5. The Hall–Kier alpha value is -5.00. The first-order valence-electron chi connectivity index (χ1n) is 14.6. The van der Waals surface area contributed by atoms with Gasteiger partial charge in [0.25, 0.3) is 5.56 Å². The molecule has 12 heteroatoms. The van der Waals surface area contributed by atoms with E-state index in [1.54, 1.807) is 52.0 Å². The van der Waals surface area contributed by atoms with Crippen molar-refractivity contribution < 1.29 is 14.3 Å². The molecule has 0 bridgehead atoms. The fourth-order valence-corrected chi connectivity index (χ4v) is 5.42. The number of aryl methyl sites for hydroxylation is 1. The van der Waals surface area contributed by atoms with E-state index in [2.05, 4.69) is 15.4 Å². The summed E-state index contributed by atoms with van der Waals surface area (Å²) >= 11 is 6.77. The Kier molecular flexibility index (Phi) is 9.84. The summed E-state index contributed by atoms with van der Waals surface area (Å²) in [6.45, 7) is 2.60. The highest BCUT2D eigenvalue weighted by Crippen LogP contribution is 2.39. The molecular formula is C34H36ClN7O4. The summed E-state index contributed by atoms with van der Waals surface area (Å²) in [4.78, 5) is 38.5. The van der Waals surface area contributed by atoms with E-state index in [9.17, 15) is 9.59 Å². The molecule has 1 atom stereocenters. The zero-order valence-electron chi connectivity index (χ0n) is 26.6. The number of nitrogens with one attached hydrogen (secondary N) is 1. The molecule has 11 nitrogen and oxygen atoms in total. The molecule has 0 fully saturated rings. The maximum atomic E-state index is 14.5. The topological polar surface area (TPSA) is 116 Å². The standard InChI is InChI=1S/C34H36ClN7O4/c1-21(23-10-7-9-22(15-23)16-25(43)11-8-13-40(2)3)42-32-24(20-36-34(38-32)37-30-12-14-41(4)39-30)17-28(33(42)44)27-18-26(45-5)19-29(46-6)31(27)35/h7-12,14-15,17-21H,13,16H2,1-6H3,(H,36,37,38,39)/b11-8+. The van der Waals surface area contributed by atoms with E-state index in [-0.39, 0.29) is 28.7 Å². The van der Waals surface area contributed by atoms with Crippen LogP contribution >= 0.6 is 11.6 Å². The fourth-order valence-electron chi connectivity index (χ4n) is 5.13. The van der Waals surface area contributed by atoms with Crippen LogP contribution in [0.4, 0.5) is 11.8 Å². The van der Waals surface area contributed by atoms with E-state index < -0.39 is 6.04 Å². The number of likely N-dealkylation sites (N-methyl/N-ethyl adjacent to an activating group) is 1. The second-order valence-corrected chi connectivity index (χ2v) is 11.5. The molecule has 46 heavy (non-hydrogen) atoms. The normalized spacial score (nSPS) is 12.2. The average molecular weight is 642 g/mol. The van der Waals surface area contributed by atoms with Crippen molar-refractivity contribution in [1.82, 2.24) is 29.2 Å². The van der Waals surface area contributed by atoms with Crippen LogP contribution < -0.4 is 20.3 Å². The van der Waals surface area contributed by atoms with Crippen molar-refractivity contribution in [2.45, 2.75) is 19.4 Å². The minimum absolute atomic E-state index is 0.00383. The molecule has 0 saturated heterocycles. The van der Waals surface area contributed by atoms with Crippen molar-refractivity contribution >= 4 is 40.2 Å². The molecule has 1 unspecified atom stereocenters. The summed E-state index contributed by atoms with van der Waals surface area (Å²) in [6.07, 6.45) is 7.15. The van der Waals surface area contributed by atoms with Crippen LogP contribution in [0.2, 0.25) is 5.02 Å². The molecule has 5 aromatic rings. The Morgan fingerprint density at radius 1 is 1.11 bits per heavy atom. The molecule has 238 valence electrons. The molecule has 3 aromatic heterocycles. The van der Waals surface area contributed by atoms with Gasteiger partial charge in [0.15, 0.2) is 11.6 Å². The SMILES string of the molecule is COc1cc(OC)c(Cl)c(-c2cc3cnc(Nc4ccn(C)n4)nc3n(C(C)c3cccc(CC(=O)/C=C/CN(C)C)c3)c2=O)c1. The minimum atomic E-state index is -0.488. The van der Waals surface area contributed by atoms with Crippen molar-refractivity contribution in [1.29, 1.82) is 0 Å². The third-order valence-corrected chi connectivity index (χ3v) is 7.85. The van der Waals surface area contributed by atoms with Gasteiger partial charge in [-0.15, -0.1) is 0 Å². The highest BCUT2D eigenvalue weighted by molar-refractivity contribution is 6.35. The first-order valence-corrected chi connectivity index (χ1v) is 15.0. The lowest BCUT2D eigenvalue weighted by Crippen LogP contribution is -2.27. The van der Waals surface area contributed by atoms with Gasteiger partial charge in [-0.1, -0.05) is 41.9 Å². The van der Waals surface area contributed by atoms with Crippen LogP contribution in [0, 0.1) is 0 Å². The Balaban J connectivity index is 1.65. The van der Waals surface area contributed by atoms with Crippen molar-refractivity contribution in [2.75, 3.05) is 40.2 Å². The number of hydrogen-bond donors (Lipinski definition) is 1. The molecule has 2 aromatic carbocycles. The second kappa shape index (κ2) is 14.0. The van der Waals surface area contributed by atoms with E-state index in [4.69, 9.17) is 26.1 Å².